The van der Waals surface area contributed by atoms with Crippen molar-refractivity contribution in [3.05, 3.63) is 47.5 Å². The standard InChI is InChI=1S/C20H18N4O4S2/c1-11(25)21-9-12-6-7-15(28-12)14-10-29-20(23-14)24-18(26)8-17-19(27)22-13-4-2-3-5-16(13)30-17/h2-7,10,17H,8-9H2,1H3,(H,21,25)(H,22,27)(H,23,24,26). The molecule has 0 radical (unpaired) electrons. The fraction of sp³-hybridized carbons (Fsp3) is 0.200. The van der Waals surface area contributed by atoms with Crippen molar-refractivity contribution in [2.45, 2.75) is 30.0 Å². The Balaban J connectivity index is 1.35. The molecule has 4 rings (SSSR count). The van der Waals surface area contributed by atoms with Crippen LogP contribution < -0.4 is 16.0 Å². The molecule has 1 aliphatic heterocycles. The van der Waals surface area contributed by atoms with E-state index in [0.717, 1.165) is 10.6 Å². The highest BCUT2D eigenvalue weighted by Crippen LogP contribution is 2.36. The number of hydrogen-bond donors (Lipinski definition) is 3. The van der Waals surface area contributed by atoms with Gasteiger partial charge in [-0.2, -0.15) is 0 Å². The number of thioether (sulfide) groups is 1. The zero-order valence-corrected chi connectivity index (χ0v) is 17.6. The molecule has 8 nitrogen and oxygen atoms in total. The zero-order valence-electron chi connectivity index (χ0n) is 15.9. The van der Waals surface area contributed by atoms with Crippen molar-refractivity contribution in [1.82, 2.24) is 10.3 Å². The Morgan fingerprint density at radius 1 is 1.23 bits per heavy atom. The van der Waals surface area contributed by atoms with E-state index in [1.165, 1.54) is 30.0 Å². The number of benzene rings is 1. The quantitative estimate of drug-likeness (QED) is 0.539. The topological polar surface area (TPSA) is 113 Å². The lowest BCUT2D eigenvalue weighted by Gasteiger charge is -2.23. The number of amides is 3. The van der Waals surface area contributed by atoms with E-state index in [0.29, 0.717) is 28.9 Å². The van der Waals surface area contributed by atoms with Gasteiger partial charge in [-0.15, -0.1) is 23.1 Å². The first-order valence-corrected chi connectivity index (χ1v) is 10.9. The number of thiazole rings is 1. The third kappa shape index (κ3) is 4.71. The summed E-state index contributed by atoms with van der Waals surface area (Å²) in [5.74, 6) is 0.551. The molecule has 1 aromatic carbocycles. The number of nitrogens with zero attached hydrogens (tertiary/aromatic N) is 1. The van der Waals surface area contributed by atoms with Gasteiger partial charge in [0.05, 0.1) is 17.5 Å². The van der Waals surface area contributed by atoms with Gasteiger partial charge in [-0.3, -0.25) is 14.4 Å². The van der Waals surface area contributed by atoms with Crippen LogP contribution in [0.1, 0.15) is 19.1 Å². The maximum atomic E-state index is 12.4. The van der Waals surface area contributed by atoms with Gasteiger partial charge in [0.1, 0.15) is 11.5 Å². The summed E-state index contributed by atoms with van der Waals surface area (Å²) >= 11 is 2.65. The number of aromatic nitrogens is 1. The molecule has 3 heterocycles. The van der Waals surface area contributed by atoms with Crippen LogP contribution in [0.3, 0.4) is 0 Å². The van der Waals surface area contributed by atoms with Crippen LogP contribution in [0.25, 0.3) is 11.5 Å². The van der Waals surface area contributed by atoms with Crippen LogP contribution in [0.2, 0.25) is 0 Å². The second-order valence-corrected chi connectivity index (χ2v) is 8.66. The Kier molecular flexibility index (Phi) is 5.86. The molecule has 3 aromatic rings. The maximum absolute atomic E-state index is 12.4. The van der Waals surface area contributed by atoms with Gasteiger partial charge in [-0.25, -0.2) is 4.98 Å². The van der Waals surface area contributed by atoms with E-state index in [1.807, 2.05) is 24.3 Å². The summed E-state index contributed by atoms with van der Waals surface area (Å²) in [6, 6.07) is 11.0. The van der Waals surface area contributed by atoms with Crippen molar-refractivity contribution < 1.29 is 18.8 Å². The van der Waals surface area contributed by atoms with E-state index in [-0.39, 0.29) is 24.1 Å². The van der Waals surface area contributed by atoms with Crippen molar-refractivity contribution in [2.75, 3.05) is 10.6 Å². The van der Waals surface area contributed by atoms with Gasteiger partial charge in [0.25, 0.3) is 0 Å². The van der Waals surface area contributed by atoms with Gasteiger partial charge in [0.2, 0.25) is 17.7 Å². The Hall–Kier alpha value is -3.11. The molecular formula is C20H18N4O4S2. The number of hydrogen-bond acceptors (Lipinski definition) is 7. The highest BCUT2D eigenvalue weighted by Gasteiger charge is 2.29. The number of nitrogens with one attached hydrogen (secondary N) is 3. The first kappa shape index (κ1) is 20.2. The van der Waals surface area contributed by atoms with Crippen molar-refractivity contribution >= 4 is 51.6 Å². The van der Waals surface area contributed by atoms with Crippen LogP contribution in [-0.4, -0.2) is 28.0 Å². The average Bonchev–Trinajstić information content (AvgIpc) is 3.36. The Morgan fingerprint density at radius 3 is 2.90 bits per heavy atom. The van der Waals surface area contributed by atoms with E-state index >= 15 is 0 Å². The molecule has 0 spiro atoms. The van der Waals surface area contributed by atoms with Crippen molar-refractivity contribution in [3.63, 3.8) is 0 Å². The average molecular weight is 443 g/mol. The lowest BCUT2D eigenvalue weighted by Crippen LogP contribution is -2.32. The third-order valence-electron chi connectivity index (χ3n) is 4.25. The SMILES string of the molecule is CC(=O)NCc1ccc(-c2csc(NC(=O)CC3Sc4ccccc4NC3=O)n2)o1. The summed E-state index contributed by atoms with van der Waals surface area (Å²) in [5.41, 5.74) is 1.35. The maximum Gasteiger partial charge on any atom is 0.238 e. The summed E-state index contributed by atoms with van der Waals surface area (Å²) in [7, 11) is 0. The van der Waals surface area contributed by atoms with Crippen molar-refractivity contribution in [3.8, 4) is 11.5 Å². The number of fused-ring (bicyclic) bond motifs is 1. The minimum Gasteiger partial charge on any atom is -0.458 e. The van der Waals surface area contributed by atoms with Crippen LogP contribution in [-0.2, 0) is 20.9 Å². The molecule has 2 aromatic heterocycles. The van der Waals surface area contributed by atoms with Gasteiger partial charge < -0.3 is 20.4 Å². The van der Waals surface area contributed by atoms with Gasteiger partial charge in [-0.05, 0) is 24.3 Å². The summed E-state index contributed by atoms with van der Waals surface area (Å²) < 4.78 is 5.67. The number of para-hydroxylation sites is 1. The number of rotatable bonds is 6. The Morgan fingerprint density at radius 2 is 2.07 bits per heavy atom. The highest BCUT2D eigenvalue weighted by molar-refractivity contribution is 8.01. The first-order valence-electron chi connectivity index (χ1n) is 9.13. The smallest absolute Gasteiger partial charge is 0.238 e. The minimum atomic E-state index is -0.499. The molecule has 10 heteroatoms. The molecule has 3 amide bonds. The molecule has 3 N–H and O–H groups in total. The molecule has 1 atom stereocenters. The lowest BCUT2D eigenvalue weighted by molar-refractivity contribution is -0.120. The number of carbonyl (C=O) groups is 3. The summed E-state index contributed by atoms with van der Waals surface area (Å²) in [6.07, 6.45) is 0.0430. The van der Waals surface area contributed by atoms with Gasteiger partial charge in [-0.1, -0.05) is 12.1 Å². The second kappa shape index (κ2) is 8.72. The van der Waals surface area contributed by atoms with Crippen LogP contribution >= 0.6 is 23.1 Å². The fourth-order valence-electron chi connectivity index (χ4n) is 2.83. The molecular weight excluding hydrogens is 424 g/mol. The number of carbonyl (C=O) groups excluding carboxylic acids is 3. The molecule has 30 heavy (non-hydrogen) atoms. The van der Waals surface area contributed by atoms with E-state index < -0.39 is 5.25 Å². The largest absolute Gasteiger partial charge is 0.458 e. The predicted molar refractivity (Wildman–Crippen MR) is 115 cm³/mol. The monoisotopic (exact) mass is 442 g/mol. The molecule has 0 fully saturated rings. The molecule has 0 saturated heterocycles. The van der Waals surface area contributed by atoms with Gasteiger partial charge >= 0.3 is 0 Å². The number of furan rings is 1. The second-order valence-electron chi connectivity index (χ2n) is 6.56. The third-order valence-corrected chi connectivity index (χ3v) is 6.29. The number of anilines is 2. The Labute approximate surface area is 180 Å². The van der Waals surface area contributed by atoms with Crippen LogP contribution in [0.5, 0.6) is 0 Å². The van der Waals surface area contributed by atoms with Gasteiger partial charge in [0, 0.05) is 23.6 Å². The fourth-order valence-corrected chi connectivity index (χ4v) is 4.66. The van der Waals surface area contributed by atoms with E-state index in [4.69, 9.17) is 4.42 Å². The first-order chi connectivity index (χ1) is 14.5. The van der Waals surface area contributed by atoms with E-state index in [9.17, 15) is 14.4 Å². The summed E-state index contributed by atoms with van der Waals surface area (Å²) in [5, 5.41) is 9.95. The molecule has 0 saturated carbocycles. The van der Waals surface area contributed by atoms with Gasteiger partial charge in [0.15, 0.2) is 10.9 Å². The lowest BCUT2D eigenvalue weighted by atomic mass is 10.2. The van der Waals surface area contributed by atoms with Crippen molar-refractivity contribution in [1.29, 1.82) is 0 Å². The van der Waals surface area contributed by atoms with Crippen molar-refractivity contribution in [2.24, 2.45) is 0 Å². The van der Waals surface area contributed by atoms with Crippen LogP contribution in [0.4, 0.5) is 10.8 Å². The zero-order chi connectivity index (χ0) is 21.1. The summed E-state index contributed by atoms with van der Waals surface area (Å²) in [6.45, 7) is 1.74. The molecule has 1 aliphatic rings. The van der Waals surface area contributed by atoms with Crippen LogP contribution in [0.15, 0.2) is 51.1 Å². The van der Waals surface area contributed by atoms with E-state index in [1.54, 1.807) is 17.5 Å². The summed E-state index contributed by atoms with van der Waals surface area (Å²) in [4.78, 5) is 41.0. The minimum absolute atomic E-state index is 0.0430. The molecule has 0 bridgehead atoms. The Bertz CT molecular complexity index is 1110. The molecule has 154 valence electrons. The highest BCUT2D eigenvalue weighted by atomic mass is 32.2. The van der Waals surface area contributed by atoms with E-state index in [2.05, 4.69) is 20.9 Å². The van der Waals surface area contributed by atoms with Crippen LogP contribution in [0, 0.1) is 0 Å². The normalized spacial score (nSPS) is 15.2. The predicted octanol–water partition coefficient (Wildman–Crippen LogP) is 3.48. The molecule has 1 unspecified atom stereocenters. The molecule has 0 aliphatic carbocycles.